The molecule has 0 aromatic heterocycles. The van der Waals surface area contributed by atoms with E-state index in [0.29, 0.717) is 6.61 Å². The minimum Gasteiger partial charge on any atom is -0.493 e. The van der Waals surface area contributed by atoms with E-state index in [1.807, 2.05) is 36.4 Å². The smallest absolute Gasteiger partial charge is 0.166 e. The highest BCUT2D eigenvalue weighted by molar-refractivity contribution is 6.30. The fourth-order valence-corrected chi connectivity index (χ4v) is 2.76. The number of hydrogen-bond acceptors (Lipinski definition) is 4. The highest BCUT2D eigenvalue weighted by Gasteiger charge is 2.10. The van der Waals surface area contributed by atoms with Crippen LogP contribution in [0.5, 0.6) is 11.5 Å². The number of methoxy groups -OCH3 is 1. The molecular weight excluding hydrogens is 397 g/mol. The monoisotopic (exact) mass is 427 g/mol. The van der Waals surface area contributed by atoms with Crippen molar-refractivity contribution >= 4 is 24.0 Å². The Labute approximate surface area is 179 Å². The SMILES string of the molecule is CCCCOCCCNCc1cccc(OC)c1OCc1ccc(Cl)cc1.Cl. The van der Waals surface area contributed by atoms with Gasteiger partial charge in [-0.3, -0.25) is 0 Å². The molecule has 0 aliphatic rings. The molecule has 0 spiro atoms. The van der Waals surface area contributed by atoms with Gasteiger partial charge in [0.2, 0.25) is 0 Å². The van der Waals surface area contributed by atoms with Crippen molar-refractivity contribution in [3.8, 4) is 11.5 Å². The molecule has 0 heterocycles. The first-order chi connectivity index (χ1) is 13.2. The van der Waals surface area contributed by atoms with Gasteiger partial charge in [-0.25, -0.2) is 0 Å². The quantitative estimate of drug-likeness (QED) is 0.419. The standard InChI is InChI=1S/C22H30ClNO3.ClH/c1-3-4-14-26-15-6-13-24-16-19-7-5-8-21(25-2)22(19)27-17-18-9-11-20(23)12-10-18;/h5,7-12,24H,3-4,6,13-17H2,1-2H3;1H. The zero-order chi connectivity index (χ0) is 19.3. The van der Waals surface area contributed by atoms with Crippen LogP contribution in [-0.4, -0.2) is 26.9 Å². The van der Waals surface area contributed by atoms with Crippen LogP contribution in [0, 0.1) is 0 Å². The van der Waals surface area contributed by atoms with Crippen LogP contribution in [0.3, 0.4) is 0 Å². The summed E-state index contributed by atoms with van der Waals surface area (Å²) in [5, 5.41) is 4.18. The predicted molar refractivity (Wildman–Crippen MR) is 118 cm³/mol. The fourth-order valence-electron chi connectivity index (χ4n) is 2.63. The van der Waals surface area contributed by atoms with Crippen LogP contribution in [0.15, 0.2) is 42.5 Å². The molecule has 1 N–H and O–H groups in total. The summed E-state index contributed by atoms with van der Waals surface area (Å²) in [4.78, 5) is 0. The van der Waals surface area contributed by atoms with Crippen molar-refractivity contribution in [3.63, 3.8) is 0 Å². The molecule has 2 rings (SSSR count). The largest absolute Gasteiger partial charge is 0.493 e. The number of para-hydroxylation sites is 1. The van der Waals surface area contributed by atoms with Gasteiger partial charge in [-0.15, -0.1) is 12.4 Å². The minimum atomic E-state index is 0. The summed E-state index contributed by atoms with van der Waals surface area (Å²) in [7, 11) is 1.66. The van der Waals surface area contributed by atoms with Gasteiger partial charge in [0, 0.05) is 30.3 Å². The molecule has 0 saturated heterocycles. The maximum absolute atomic E-state index is 6.07. The van der Waals surface area contributed by atoms with E-state index in [1.54, 1.807) is 7.11 Å². The van der Waals surface area contributed by atoms with Crippen molar-refractivity contribution in [1.82, 2.24) is 5.32 Å². The van der Waals surface area contributed by atoms with Crippen molar-refractivity contribution in [2.75, 3.05) is 26.9 Å². The summed E-state index contributed by atoms with van der Waals surface area (Å²) >= 11 is 5.94. The van der Waals surface area contributed by atoms with Crippen molar-refractivity contribution < 1.29 is 14.2 Å². The number of hydrogen-bond donors (Lipinski definition) is 1. The van der Waals surface area contributed by atoms with Crippen LogP contribution < -0.4 is 14.8 Å². The molecule has 2 aromatic rings. The van der Waals surface area contributed by atoms with Gasteiger partial charge in [-0.2, -0.15) is 0 Å². The van der Waals surface area contributed by atoms with E-state index in [0.717, 1.165) is 66.8 Å². The van der Waals surface area contributed by atoms with E-state index < -0.39 is 0 Å². The lowest BCUT2D eigenvalue weighted by Crippen LogP contribution is -2.17. The average Bonchev–Trinajstić information content (AvgIpc) is 2.69. The molecule has 156 valence electrons. The second kappa shape index (κ2) is 14.5. The molecule has 2 aromatic carbocycles. The van der Waals surface area contributed by atoms with Crippen LogP contribution in [-0.2, 0) is 17.9 Å². The summed E-state index contributed by atoms with van der Waals surface area (Å²) in [6.45, 7) is 5.92. The Morgan fingerprint density at radius 2 is 1.75 bits per heavy atom. The number of rotatable bonds is 13. The summed E-state index contributed by atoms with van der Waals surface area (Å²) in [5.74, 6) is 1.52. The van der Waals surface area contributed by atoms with Gasteiger partial charge in [0.1, 0.15) is 6.61 Å². The molecule has 0 aliphatic heterocycles. The predicted octanol–water partition coefficient (Wildman–Crippen LogP) is 5.65. The highest BCUT2D eigenvalue weighted by Crippen LogP contribution is 2.31. The van der Waals surface area contributed by atoms with Crippen LogP contribution in [0.4, 0.5) is 0 Å². The molecule has 0 unspecified atom stereocenters. The summed E-state index contributed by atoms with van der Waals surface area (Å²) < 4.78 is 17.1. The van der Waals surface area contributed by atoms with Crippen LogP contribution in [0.25, 0.3) is 0 Å². The lowest BCUT2D eigenvalue weighted by Gasteiger charge is -2.16. The lowest BCUT2D eigenvalue weighted by atomic mass is 10.1. The molecular formula is C22H31Cl2NO3. The van der Waals surface area contributed by atoms with Gasteiger partial charge in [0.05, 0.1) is 7.11 Å². The van der Waals surface area contributed by atoms with Crippen molar-refractivity contribution in [2.45, 2.75) is 39.3 Å². The maximum atomic E-state index is 6.07. The van der Waals surface area contributed by atoms with Gasteiger partial charge < -0.3 is 19.5 Å². The molecule has 0 radical (unpaired) electrons. The lowest BCUT2D eigenvalue weighted by molar-refractivity contribution is 0.128. The number of unbranched alkanes of at least 4 members (excludes halogenated alkanes) is 1. The molecule has 28 heavy (non-hydrogen) atoms. The second-order valence-electron chi connectivity index (χ2n) is 6.36. The third-order valence-corrected chi connectivity index (χ3v) is 4.43. The van der Waals surface area contributed by atoms with Gasteiger partial charge >= 0.3 is 0 Å². The Balaban J connectivity index is 0.00000392. The first kappa shape index (κ1) is 24.6. The Kier molecular flexibility index (Phi) is 12.8. The number of benzene rings is 2. The first-order valence-corrected chi connectivity index (χ1v) is 9.94. The van der Waals surface area contributed by atoms with Crippen LogP contribution in [0.1, 0.15) is 37.3 Å². The van der Waals surface area contributed by atoms with E-state index in [2.05, 4.69) is 18.3 Å². The van der Waals surface area contributed by atoms with Crippen LogP contribution in [0.2, 0.25) is 5.02 Å². The van der Waals surface area contributed by atoms with Gasteiger partial charge in [0.25, 0.3) is 0 Å². The molecule has 4 nitrogen and oxygen atoms in total. The van der Waals surface area contributed by atoms with Gasteiger partial charge in [0.15, 0.2) is 11.5 Å². The normalized spacial score (nSPS) is 10.4. The van der Waals surface area contributed by atoms with Crippen LogP contribution >= 0.6 is 24.0 Å². The zero-order valence-electron chi connectivity index (χ0n) is 16.7. The van der Waals surface area contributed by atoms with E-state index in [1.165, 1.54) is 6.42 Å². The van der Waals surface area contributed by atoms with Crippen molar-refractivity contribution in [3.05, 3.63) is 58.6 Å². The molecule has 0 saturated carbocycles. The summed E-state index contributed by atoms with van der Waals surface area (Å²) in [6.07, 6.45) is 3.30. The van der Waals surface area contributed by atoms with E-state index >= 15 is 0 Å². The third-order valence-electron chi connectivity index (χ3n) is 4.18. The van der Waals surface area contributed by atoms with Crippen molar-refractivity contribution in [2.24, 2.45) is 0 Å². The Morgan fingerprint density at radius 1 is 1.00 bits per heavy atom. The van der Waals surface area contributed by atoms with E-state index in [-0.39, 0.29) is 12.4 Å². The Hall–Kier alpha value is -1.46. The second-order valence-corrected chi connectivity index (χ2v) is 6.80. The number of halogens is 2. The summed E-state index contributed by atoms with van der Waals surface area (Å²) in [5.41, 5.74) is 2.14. The Bertz CT molecular complexity index is 665. The number of ether oxygens (including phenoxy) is 3. The molecule has 0 amide bonds. The van der Waals surface area contributed by atoms with E-state index in [9.17, 15) is 0 Å². The summed E-state index contributed by atoms with van der Waals surface area (Å²) in [6, 6.07) is 13.6. The molecule has 6 heteroatoms. The van der Waals surface area contributed by atoms with E-state index in [4.69, 9.17) is 25.8 Å². The Morgan fingerprint density at radius 3 is 2.46 bits per heavy atom. The van der Waals surface area contributed by atoms with Crippen molar-refractivity contribution in [1.29, 1.82) is 0 Å². The minimum absolute atomic E-state index is 0. The molecule has 0 bridgehead atoms. The maximum Gasteiger partial charge on any atom is 0.166 e. The molecule has 0 aliphatic carbocycles. The average molecular weight is 428 g/mol. The fraction of sp³-hybridized carbons (Fsp3) is 0.455. The van der Waals surface area contributed by atoms with Gasteiger partial charge in [-0.1, -0.05) is 49.2 Å². The highest BCUT2D eigenvalue weighted by atomic mass is 35.5. The topological polar surface area (TPSA) is 39.7 Å². The zero-order valence-corrected chi connectivity index (χ0v) is 18.3. The third kappa shape index (κ3) is 8.70. The number of nitrogens with one attached hydrogen (secondary N) is 1. The molecule has 0 fully saturated rings. The molecule has 0 atom stereocenters. The first-order valence-electron chi connectivity index (χ1n) is 9.56. The van der Waals surface area contributed by atoms with Gasteiger partial charge in [-0.05, 0) is 43.1 Å².